The zero-order valence-electron chi connectivity index (χ0n) is 29.5. The van der Waals surface area contributed by atoms with Crippen molar-refractivity contribution < 1.29 is 0 Å². The second kappa shape index (κ2) is 10.6. The molecular weight excluding hydrogens is 671 g/mol. The Morgan fingerprint density at radius 3 is 1.67 bits per heavy atom. The molecule has 0 atom stereocenters. The third-order valence-electron chi connectivity index (χ3n) is 11.7. The quantitative estimate of drug-likeness (QED) is 0.184. The summed E-state index contributed by atoms with van der Waals surface area (Å²) in [7, 11) is 0. The highest BCUT2D eigenvalue weighted by molar-refractivity contribution is 6.31. The van der Waals surface area contributed by atoms with Gasteiger partial charge in [-0.15, -0.1) is 0 Å². The van der Waals surface area contributed by atoms with E-state index in [0.717, 1.165) is 50.0 Å². The first-order valence-corrected chi connectivity index (χ1v) is 18.8. The molecule has 13 rings (SSSR count). The van der Waals surface area contributed by atoms with Crippen LogP contribution in [0.15, 0.2) is 176 Å². The van der Waals surface area contributed by atoms with Crippen LogP contribution in [0.1, 0.15) is 0 Å². The van der Waals surface area contributed by atoms with Gasteiger partial charge in [-0.3, -0.25) is 4.40 Å². The van der Waals surface area contributed by atoms with Crippen molar-refractivity contribution in [1.29, 1.82) is 0 Å². The molecule has 0 N–H and O–H groups in total. The van der Waals surface area contributed by atoms with Crippen molar-refractivity contribution in [2.75, 3.05) is 0 Å². The molecule has 5 aromatic heterocycles. The molecule has 0 saturated carbocycles. The fraction of sp³-hybridized carbons (Fsp3) is 0. The Kier molecular flexibility index (Phi) is 5.57. The van der Waals surface area contributed by atoms with E-state index < -0.39 is 0 Å². The summed E-state index contributed by atoms with van der Waals surface area (Å²) in [6.45, 7) is 0. The average Bonchev–Trinajstić information content (AvgIpc) is 3.97. The normalized spacial score (nSPS) is 12.4. The van der Waals surface area contributed by atoms with E-state index in [2.05, 4.69) is 177 Å². The molecule has 0 fully saturated rings. The number of para-hydroxylation sites is 6. The summed E-state index contributed by atoms with van der Waals surface area (Å²) in [5, 5.41) is 8.45. The highest BCUT2D eigenvalue weighted by Gasteiger charge is 2.25. The molecule has 8 aromatic carbocycles. The van der Waals surface area contributed by atoms with Gasteiger partial charge in [0.15, 0.2) is 5.65 Å². The van der Waals surface area contributed by atoms with Gasteiger partial charge in [-0.25, -0.2) is 9.97 Å². The second-order valence-electron chi connectivity index (χ2n) is 14.6. The lowest BCUT2D eigenvalue weighted by molar-refractivity contribution is 1.18. The van der Waals surface area contributed by atoms with Gasteiger partial charge >= 0.3 is 0 Å². The summed E-state index contributed by atoms with van der Waals surface area (Å²) in [5.74, 6) is 0. The van der Waals surface area contributed by atoms with Gasteiger partial charge in [-0.1, -0.05) is 97.1 Å². The first-order valence-electron chi connectivity index (χ1n) is 18.8. The molecular formula is C50H29N5. The van der Waals surface area contributed by atoms with Gasteiger partial charge in [0.05, 0.1) is 44.1 Å². The predicted octanol–water partition coefficient (Wildman–Crippen LogP) is 12.6. The van der Waals surface area contributed by atoms with Gasteiger partial charge in [0.2, 0.25) is 0 Å². The number of rotatable bonds is 3. The van der Waals surface area contributed by atoms with Gasteiger partial charge in [0.1, 0.15) is 5.52 Å². The molecule has 0 amide bonds. The monoisotopic (exact) mass is 699 g/mol. The van der Waals surface area contributed by atoms with E-state index in [1.165, 1.54) is 65.5 Å². The van der Waals surface area contributed by atoms with Crippen LogP contribution in [0, 0.1) is 0 Å². The van der Waals surface area contributed by atoms with E-state index >= 15 is 0 Å². The van der Waals surface area contributed by atoms with Crippen LogP contribution in [0.3, 0.4) is 0 Å². The molecule has 0 aliphatic carbocycles. The summed E-state index contributed by atoms with van der Waals surface area (Å²) in [5.41, 5.74) is 15.3. The van der Waals surface area contributed by atoms with Crippen molar-refractivity contribution in [1.82, 2.24) is 23.5 Å². The molecule has 0 saturated heterocycles. The Balaban J connectivity index is 1.17. The van der Waals surface area contributed by atoms with Crippen LogP contribution in [0.5, 0.6) is 0 Å². The van der Waals surface area contributed by atoms with E-state index in [1.54, 1.807) is 0 Å². The lowest BCUT2D eigenvalue weighted by Crippen LogP contribution is -1.93. The van der Waals surface area contributed by atoms with Gasteiger partial charge in [-0.2, -0.15) is 0 Å². The molecule has 254 valence electrons. The van der Waals surface area contributed by atoms with E-state index in [9.17, 15) is 0 Å². The Morgan fingerprint density at radius 1 is 0.345 bits per heavy atom. The van der Waals surface area contributed by atoms with Crippen LogP contribution in [0.2, 0.25) is 0 Å². The van der Waals surface area contributed by atoms with E-state index in [4.69, 9.17) is 9.97 Å². The largest absolute Gasteiger partial charge is 0.309 e. The molecule has 5 nitrogen and oxygen atoms in total. The Morgan fingerprint density at radius 2 is 0.909 bits per heavy atom. The molecule has 13 aromatic rings. The van der Waals surface area contributed by atoms with Gasteiger partial charge in [0, 0.05) is 49.1 Å². The molecule has 0 aliphatic heterocycles. The van der Waals surface area contributed by atoms with E-state index in [0.29, 0.717) is 0 Å². The van der Waals surface area contributed by atoms with Crippen molar-refractivity contribution in [3.63, 3.8) is 0 Å². The zero-order chi connectivity index (χ0) is 35.8. The number of hydrogen-bond acceptors (Lipinski definition) is 2. The fourth-order valence-electron chi connectivity index (χ4n) is 9.43. The van der Waals surface area contributed by atoms with Gasteiger partial charge in [-0.05, 0) is 90.0 Å². The maximum atomic E-state index is 5.37. The first-order chi connectivity index (χ1) is 27.3. The van der Waals surface area contributed by atoms with Crippen molar-refractivity contribution in [2.24, 2.45) is 0 Å². The first kappa shape index (κ1) is 29.0. The smallest absolute Gasteiger partial charge is 0.165 e. The Hall–Kier alpha value is -7.50. The van der Waals surface area contributed by atoms with Crippen molar-refractivity contribution >= 4 is 93.0 Å². The summed E-state index contributed by atoms with van der Waals surface area (Å²) in [6.07, 6.45) is 0. The summed E-state index contributed by atoms with van der Waals surface area (Å²) >= 11 is 0. The molecule has 55 heavy (non-hydrogen) atoms. The molecule has 0 bridgehead atoms. The maximum Gasteiger partial charge on any atom is 0.165 e. The van der Waals surface area contributed by atoms with E-state index in [-0.39, 0.29) is 0 Å². The minimum Gasteiger partial charge on any atom is -0.309 e. The predicted molar refractivity (Wildman–Crippen MR) is 228 cm³/mol. The van der Waals surface area contributed by atoms with Gasteiger partial charge in [0.25, 0.3) is 0 Å². The summed E-state index contributed by atoms with van der Waals surface area (Å²) in [4.78, 5) is 10.7. The van der Waals surface area contributed by atoms with Crippen molar-refractivity contribution in [2.45, 2.75) is 0 Å². The molecule has 0 spiro atoms. The van der Waals surface area contributed by atoms with Crippen LogP contribution in [0.4, 0.5) is 0 Å². The lowest BCUT2D eigenvalue weighted by atomic mass is 9.98. The van der Waals surface area contributed by atoms with Crippen LogP contribution in [-0.4, -0.2) is 23.5 Å². The second-order valence-corrected chi connectivity index (χ2v) is 14.6. The topological polar surface area (TPSA) is 40.0 Å². The third-order valence-corrected chi connectivity index (χ3v) is 11.7. The molecule has 0 aliphatic rings. The number of benzene rings is 8. The average molecular weight is 700 g/mol. The third kappa shape index (κ3) is 3.81. The maximum absolute atomic E-state index is 5.37. The fourth-order valence-corrected chi connectivity index (χ4v) is 9.43. The molecule has 0 unspecified atom stereocenters. The van der Waals surface area contributed by atoms with E-state index in [1.807, 2.05) is 12.1 Å². The van der Waals surface area contributed by atoms with Crippen molar-refractivity contribution in [3.8, 4) is 22.5 Å². The lowest BCUT2D eigenvalue weighted by Gasteiger charge is -2.09. The zero-order valence-corrected chi connectivity index (χ0v) is 29.5. The summed E-state index contributed by atoms with van der Waals surface area (Å²) in [6, 6.07) is 63.4. The number of fused-ring (bicyclic) bond motifs is 14. The van der Waals surface area contributed by atoms with Crippen LogP contribution >= 0.6 is 0 Å². The number of nitrogens with zero attached hydrogens (tertiary/aromatic N) is 5. The summed E-state index contributed by atoms with van der Waals surface area (Å²) < 4.78 is 7.17. The minimum atomic E-state index is 0.885. The molecule has 0 radical (unpaired) electrons. The highest BCUT2D eigenvalue weighted by atomic mass is 15.0. The van der Waals surface area contributed by atoms with Crippen LogP contribution in [0.25, 0.3) is 116 Å². The Bertz CT molecular complexity index is 3700. The van der Waals surface area contributed by atoms with Crippen LogP contribution in [-0.2, 0) is 0 Å². The van der Waals surface area contributed by atoms with Crippen LogP contribution < -0.4 is 0 Å². The molecule has 5 heteroatoms. The van der Waals surface area contributed by atoms with Crippen molar-refractivity contribution in [3.05, 3.63) is 176 Å². The number of hydrogen-bond donors (Lipinski definition) is 0. The van der Waals surface area contributed by atoms with Gasteiger partial charge < -0.3 is 9.13 Å². The standard InChI is InChI=1S/C50H29N5/c1-3-13-32(14-4-1)53-42-21-11-7-17-34(42)37-27-30(23-25-44(37)53)31-28-38-35-24-26-45-46(36-18-8-12-22-43(36)54(45)33-15-5-2-6-16-33)49(35)55-48(38)39(29-31)47-50(55)52-41-20-10-9-19-40(41)51-47/h1-29H. The SMILES string of the molecule is c1ccc(-n2c3ccccc3c3cc(-c4cc5c6ccc7c(c8ccccc8n7-c7ccccc7)c6n6c7nc8ccccc8nc7c(c4)c56)ccc32)cc1. The molecule has 5 heterocycles. The highest BCUT2D eigenvalue weighted by Crippen LogP contribution is 2.46. The number of aromatic nitrogens is 5. The minimum absolute atomic E-state index is 0.885. The Labute approximate surface area is 313 Å².